The molecule has 4 rings (SSSR count). The van der Waals surface area contributed by atoms with E-state index in [1.165, 1.54) is 23.9 Å². The second-order valence-corrected chi connectivity index (χ2v) is 8.09. The summed E-state index contributed by atoms with van der Waals surface area (Å²) in [4.78, 5) is 12.5. The van der Waals surface area contributed by atoms with Crippen LogP contribution in [0.5, 0.6) is 5.75 Å². The van der Waals surface area contributed by atoms with E-state index in [-0.39, 0.29) is 17.4 Å². The summed E-state index contributed by atoms with van der Waals surface area (Å²) in [7, 11) is 0. The van der Waals surface area contributed by atoms with Crippen molar-refractivity contribution in [2.24, 2.45) is 5.10 Å². The van der Waals surface area contributed by atoms with E-state index < -0.39 is 0 Å². The van der Waals surface area contributed by atoms with Gasteiger partial charge in [0.15, 0.2) is 0 Å². The number of nitrogens with zero attached hydrogens (tertiary/aromatic N) is 3. The summed E-state index contributed by atoms with van der Waals surface area (Å²) in [5.74, 6) is 0.676. The number of rotatable bonds is 8. The lowest BCUT2D eigenvalue weighted by Crippen LogP contribution is -2.34. The van der Waals surface area contributed by atoms with Crippen LogP contribution in [0, 0.1) is 0 Å². The fourth-order valence-corrected chi connectivity index (χ4v) is 4.05. The SMILES string of the molecule is CC/C(=N/NC(=O)CSc1n[nH]c(-c2ccccc2)[n+]1-c1ccccc1)c1ccc([O-])cc1. The van der Waals surface area contributed by atoms with Crippen molar-refractivity contribution in [3.63, 3.8) is 0 Å². The standard InChI is InChI=1S/C25H23N5O2S/c1-2-22(18-13-15-21(31)16-14-18)26-27-23(32)17-33-25-29-28-24(19-9-5-3-6-10-19)30(25)20-11-7-4-8-12-20/h3-16H,2,17H2,1H3,(H2,26,27,31,32). The molecule has 1 amide bonds. The highest BCUT2D eigenvalue weighted by Crippen LogP contribution is 2.20. The van der Waals surface area contributed by atoms with Crippen molar-refractivity contribution in [2.75, 3.05) is 5.75 Å². The number of carbonyl (C=O) groups excluding carboxylic acids is 1. The van der Waals surface area contributed by atoms with Crippen molar-refractivity contribution in [1.29, 1.82) is 0 Å². The maximum absolute atomic E-state index is 12.5. The molecule has 1 aromatic heterocycles. The average molecular weight is 458 g/mol. The van der Waals surface area contributed by atoms with Gasteiger partial charge in [-0.3, -0.25) is 4.79 Å². The van der Waals surface area contributed by atoms with Crippen molar-refractivity contribution < 1.29 is 14.5 Å². The van der Waals surface area contributed by atoms with Crippen LogP contribution < -0.4 is 15.1 Å². The molecule has 3 aromatic carbocycles. The summed E-state index contributed by atoms with van der Waals surface area (Å²) in [5.41, 5.74) is 6.07. The topological polar surface area (TPSA) is 97.1 Å². The Hall–Kier alpha value is -3.91. The lowest BCUT2D eigenvalue weighted by Gasteiger charge is -2.08. The predicted molar refractivity (Wildman–Crippen MR) is 127 cm³/mol. The minimum absolute atomic E-state index is 0.0600. The number of para-hydroxylation sites is 1. The van der Waals surface area contributed by atoms with Crippen LogP contribution >= 0.6 is 11.8 Å². The van der Waals surface area contributed by atoms with E-state index in [1.807, 2.05) is 72.2 Å². The second kappa shape index (κ2) is 10.6. The van der Waals surface area contributed by atoms with Crippen LogP contribution in [-0.4, -0.2) is 27.6 Å². The average Bonchev–Trinajstić information content (AvgIpc) is 3.29. The van der Waals surface area contributed by atoms with Gasteiger partial charge in [0.1, 0.15) is 5.69 Å². The smallest absolute Gasteiger partial charge is 0.342 e. The van der Waals surface area contributed by atoms with E-state index in [0.717, 1.165) is 22.6 Å². The fraction of sp³-hybridized carbons (Fsp3) is 0.120. The molecule has 4 aromatic rings. The summed E-state index contributed by atoms with van der Waals surface area (Å²) in [6.07, 6.45) is 0.624. The zero-order valence-corrected chi connectivity index (χ0v) is 18.9. The lowest BCUT2D eigenvalue weighted by molar-refractivity contribution is -0.625. The summed E-state index contributed by atoms with van der Waals surface area (Å²) in [6, 6.07) is 26.2. The molecule has 0 aliphatic heterocycles. The number of nitrogens with one attached hydrogen (secondary N) is 2. The molecule has 0 bridgehead atoms. The number of carbonyl (C=O) groups is 1. The Balaban J connectivity index is 1.50. The lowest BCUT2D eigenvalue weighted by atomic mass is 10.1. The molecule has 0 fully saturated rings. The van der Waals surface area contributed by atoms with Gasteiger partial charge in [0.05, 0.1) is 22.1 Å². The number of amides is 1. The highest BCUT2D eigenvalue weighted by molar-refractivity contribution is 7.99. The zero-order chi connectivity index (χ0) is 23.0. The van der Waals surface area contributed by atoms with Gasteiger partial charge in [-0.1, -0.05) is 67.6 Å². The first-order chi connectivity index (χ1) is 16.2. The largest absolute Gasteiger partial charge is 0.872 e. The van der Waals surface area contributed by atoms with Crippen LogP contribution in [0.2, 0.25) is 0 Å². The Morgan fingerprint density at radius 1 is 1.03 bits per heavy atom. The maximum atomic E-state index is 12.5. The first-order valence-corrected chi connectivity index (χ1v) is 11.5. The quantitative estimate of drug-likeness (QED) is 0.183. The fourth-order valence-electron chi connectivity index (χ4n) is 3.29. The van der Waals surface area contributed by atoms with Crippen LogP contribution in [0.3, 0.4) is 0 Å². The third-order valence-corrected chi connectivity index (χ3v) is 5.84. The summed E-state index contributed by atoms with van der Waals surface area (Å²) >= 11 is 1.32. The number of H-pyrrole nitrogens is 1. The van der Waals surface area contributed by atoms with Gasteiger partial charge in [0, 0.05) is 0 Å². The number of hydrazone groups is 1. The third-order valence-electron chi connectivity index (χ3n) is 4.90. The predicted octanol–water partition coefficient (Wildman–Crippen LogP) is 3.45. The van der Waals surface area contributed by atoms with Gasteiger partial charge in [0.25, 0.3) is 11.7 Å². The van der Waals surface area contributed by atoms with Crippen LogP contribution in [0.15, 0.2) is 95.2 Å². The van der Waals surface area contributed by atoms with Gasteiger partial charge in [-0.25, -0.2) is 5.43 Å². The number of aromatic nitrogens is 3. The first-order valence-electron chi connectivity index (χ1n) is 10.5. The van der Waals surface area contributed by atoms with Gasteiger partial charge in [0.2, 0.25) is 0 Å². The first kappa shape index (κ1) is 22.3. The molecule has 7 nitrogen and oxygen atoms in total. The number of hydrogen-bond donors (Lipinski definition) is 2. The highest BCUT2D eigenvalue weighted by atomic mass is 32.2. The minimum atomic E-state index is -0.240. The molecule has 0 aliphatic carbocycles. The Labute approximate surface area is 196 Å². The van der Waals surface area contributed by atoms with Gasteiger partial charge < -0.3 is 5.11 Å². The molecule has 33 heavy (non-hydrogen) atoms. The van der Waals surface area contributed by atoms with Gasteiger partial charge in [-0.2, -0.15) is 9.67 Å². The second-order valence-electron chi connectivity index (χ2n) is 7.15. The van der Waals surface area contributed by atoms with Gasteiger partial charge in [-0.05, 0) is 48.0 Å². The van der Waals surface area contributed by atoms with Crippen LogP contribution in [0.4, 0.5) is 0 Å². The van der Waals surface area contributed by atoms with Gasteiger partial charge in [-0.15, -0.1) is 10.8 Å². The van der Waals surface area contributed by atoms with E-state index in [0.29, 0.717) is 17.3 Å². The number of thioether (sulfide) groups is 1. The summed E-state index contributed by atoms with van der Waals surface area (Å²) in [5, 5.41) is 23.8. The Bertz CT molecular complexity index is 1240. The van der Waals surface area contributed by atoms with E-state index in [9.17, 15) is 9.90 Å². The number of benzene rings is 3. The molecule has 0 saturated heterocycles. The van der Waals surface area contributed by atoms with Crippen molar-refractivity contribution in [3.8, 4) is 22.8 Å². The molecule has 0 radical (unpaired) electrons. The normalized spacial score (nSPS) is 11.4. The van der Waals surface area contributed by atoms with Crippen molar-refractivity contribution >= 4 is 23.4 Å². The Morgan fingerprint density at radius 3 is 2.36 bits per heavy atom. The van der Waals surface area contributed by atoms with E-state index in [1.54, 1.807) is 12.1 Å². The minimum Gasteiger partial charge on any atom is -0.872 e. The Morgan fingerprint density at radius 2 is 1.70 bits per heavy atom. The van der Waals surface area contributed by atoms with Crippen LogP contribution in [-0.2, 0) is 4.79 Å². The van der Waals surface area contributed by atoms with Gasteiger partial charge >= 0.3 is 5.16 Å². The highest BCUT2D eigenvalue weighted by Gasteiger charge is 2.24. The maximum Gasteiger partial charge on any atom is 0.342 e. The van der Waals surface area contributed by atoms with E-state index >= 15 is 0 Å². The molecule has 0 unspecified atom stereocenters. The van der Waals surface area contributed by atoms with E-state index in [2.05, 4.69) is 20.7 Å². The number of aromatic amines is 1. The zero-order valence-electron chi connectivity index (χ0n) is 18.1. The summed E-state index contributed by atoms with van der Waals surface area (Å²) < 4.78 is 2.00. The molecular weight excluding hydrogens is 434 g/mol. The number of hydrogen-bond acceptors (Lipinski definition) is 5. The molecule has 0 saturated carbocycles. The molecular formula is C25H23N5O2S. The molecule has 8 heteroatoms. The molecule has 2 N–H and O–H groups in total. The Kier molecular flexibility index (Phi) is 7.16. The van der Waals surface area contributed by atoms with Crippen LogP contribution in [0.1, 0.15) is 18.9 Å². The molecule has 1 heterocycles. The third kappa shape index (κ3) is 5.48. The monoisotopic (exact) mass is 457 g/mol. The molecule has 166 valence electrons. The van der Waals surface area contributed by atoms with Crippen molar-refractivity contribution in [3.05, 3.63) is 90.5 Å². The molecule has 0 atom stereocenters. The molecule has 0 spiro atoms. The van der Waals surface area contributed by atoms with Crippen LogP contribution in [0.25, 0.3) is 17.1 Å². The van der Waals surface area contributed by atoms with Crippen molar-refractivity contribution in [2.45, 2.75) is 18.5 Å². The van der Waals surface area contributed by atoms with E-state index in [4.69, 9.17) is 0 Å². The molecule has 0 aliphatic rings. The van der Waals surface area contributed by atoms with Crippen molar-refractivity contribution in [1.82, 2.24) is 15.6 Å². The summed E-state index contributed by atoms with van der Waals surface area (Å²) in [6.45, 7) is 1.95.